The molecule has 0 bridgehead atoms. The van der Waals surface area contributed by atoms with Gasteiger partial charge in [-0.15, -0.1) is 0 Å². The third kappa shape index (κ3) is 4.39. The second kappa shape index (κ2) is 7.87. The Labute approximate surface area is 146 Å². The molecule has 0 saturated carbocycles. The van der Waals surface area contributed by atoms with Gasteiger partial charge in [-0.2, -0.15) is 4.72 Å². The van der Waals surface area contributed by atoms with Crippen molar-refractivity contribution in [1.82, 2.24) is 4.98 Å². The van der Waals surface area contributed by atoms with Crippen LogP contribution in [0.4, 0.5) is 5.69 Å². The monoisotopic (exact) mass is 400 g/mol. The summed E-state index contributed by atoms with van der Waals surface area (Å²) in [5.74, 6) is 0.661. The molecule has 1 unspecified atom stereocenters. The molecule has 1 aromatic heterocycles. The molecule has 2 rings (SSSR count). The Morgan fingerprint density at radius 1 is 1.45 bits per heavy atom. The zero-order chi connectivity index (χ0) is 16.1. The summed E-state index contributed by atoms with van der Waals surface area (Å²) in [7, 11) is 0. The standard InChI is InChI=1S/C15H14BrClN2O2S/c1-3-14(21-13-7-5-4-6-10(13)2)22(20)19-12-8-11(17)9-18-15(12)16/h3-9,19H,1-2H3/b14-3+. The van der Waals surface area contributed by atoms with E-state index in [4.69, 9.17) is 16.3 Å². The summed E-state index contributed by atoms with van der Waals surface area (Å²) in [6.45, 7) is 3.69. The number of rotatable bonds is 5. The predicted molar refractivity (Wildman–Crippen MR) is 94.3 cm³/mol. The van der Waals surface area contributed by atoms with Crippen LogP contribution in [0.25, 0.3) is 0 Å². The predicted octanol–water partition coefficient (Wildman–Crippen LogP) is 4.82. The van der Waals surface area contributed by atoms with E-state index in [0.717, 1.165) is 5.56 Å². The summed E-state index contributed by atoms with van der Waals surface area (Å²) < 4.78 is 21.5. The van der Waals surface area contributed by atoms with Crippen molar-refractivity contribution in [2.45, 2.75) is 13.8 Å². The highest BCUT2D eigenvalue weighted by Crippen LogP contribution is 2.27. The SMILES string of the molecule is C/C=C(\Oc1ccccc1C)[S+]([O-])Nc1cc(Cl)cnc1Br. The van der Waals surface area contributed by atoms with Crippen molar-refractivity contribution in [3.63, 3.8) is 0 Å². The van der Waals surface area contributed by atoms with Gasteiger partial charge in [0.05, 0.1) is 5.02 Å². The summed E-state index contributed by atoms with van der Waals surface area (Å²) in [6, 6.07) is 9.17. The number of nitrogens with one attached hydrogen (secondary N) is 1. The van der Waals surface area contributed by atoms with Crippen molar-refractivity contribution in [2.24, 2.45) is 0 Å². The lowest BCUT2D eigenvalue weighted by molar-refractivity contribution is 0.446. The summed E-state index contributed by atoms with van der Waals surface area (Å²) in [5, 5.41) is 0.755. The van der Waals surface area contributed by atoms with E-state index >= 15 is 0 Å². The first kappa shape index (κ1) is 17.1. The minimum Gasteiger partial charge on any atom is -0.585 e. The van der Waals surface area contributed by atoms with E-state index < -0.39 is 11.4 Å². The average molecular weight is 402 g/mol. The van der Waals surface area contributed by atoms with Crippen molar-refractivity contribution >= 4 is 44.6 Å². The van der Waals surface area contributed by atoms with Crippen LogP contribution >= 0.6 is 27.5 Å². The molecule has 0 saturated heterocycles. The molecule has 0 spiro atoms. The number of para-hydroxylation sites is 1. The molecule has 0 aliphatic carbocycles. The van der Waals surface area contributed by atoms with Crippen molar-refractivity contribution in [3.8, 4) is 5.75 Å². The van der Waals surface area contributed by atoms with Gasteiger partial charge < -0.3 is 9.29 Å². The molecule has 7 heteroatoms. The smallest absolute Gasteiger partial charge is 0.334 e. The number of nitrogens with zero attached hydrogens (tertiary/aromatic N) is 1. The van der Waals surface area contributed by atoms with Crippen LogP contribution < -0.4 is 9.46 Å². The third-order valence-corrected chi connectivity index (χ3v) is 4.66. The highest BCUT2D eigenvalue weighted by Gasteiger charge is 2.20. The molecule has 0 radical (unpaired) electrons. The Kier molecular flexibility index (Phi) is 6.14. The molecule has 0 aliphatic rings. The van der Waals surface area contributed by atoms with E-state index in [-0.39, 0.29) is 0 Å². The van der Waals surface area contributed by atoms with Crippen molar-refractivity contribution in [2.75, 3.05) is 4.72 Å². The van der Waals surface area contributed by atoms with Crippen molar-refractivity contribution < 1.29 is 9.29 Å². The minimum atomic E-state index is -1.58. The number of aryl methyl sites for hydroxylation is 1. The van der Waals surface area contributed by atoms with E-state index in [1.54, 1.807) is 19.1 Å². The van der Waals surface area contributed by atoms with E-state index in [0.29, 0.717) is 26.2 Å². The van der Waals surface area contributed by atoms with Gasteiger partial charge in [-0.3, -0.25) is 0 Å². The van der Waals surface area contributed by atoms with Gasteiger partial charge in [-0.25, -0.2) is 4.98 Å². The molecule has 1 atom stereocenters. The van der Waals surface area contributed by atoms with Crippen molar-refractivity contribution in [3.05, 3.63) is 62.9 Å². The number of hydrogen-bond acceptors (Lipinski definition) is 4. The Morgan fingerprint density at radius 2 is 2.18 bits per heavy atom. The molecule has 116 valence electrons. The summed E-state index contributed by atoms with van der Waals surface area (Å²) >= 11 is 7.60. The molecule has 0 aliphatic heterocycles. The molecule has 1 aromatic carbocycles. The van der Waals surface area contributed by atoms with Crippen LogP contribution in [0.15, 0.2) is 52.3 Å². The third-order valence-electron chi connectivity index (χ3n) is 2.73. The number of halogens is 2. The lowest BCUT2D eigenvalue weighted by Gasteiger charge is -2.15. The van der Waals surface area contributed by atoms with E-state index in [1.807, 2.05) is 31.2 Å². The van der Waals surface area contributed by atoms with Gasteiger partial charge in [-0.1, -0.05) is 29.8 Å². The minimum absolute atomic E-state index is 0.307. The van der Waals surface area contributed by atoms with E-state index in [2.05, 4.69) is 25.6 Å². The largest absolute Gasteiger partial charge is 0.585 e. The number of benzene rings is 1. The van der Waals surface area contributed by atoms with Gasteiger partial charge in [0.1, 0.15) is 27.4 Å². The van der Waals surface area contributed by atoms with Crippen LogP contribution in [-0.2, 0) is 11.4 Å². The van der Waals surface area contributed by atoms with Crippen LogP contribution in [-0.4, -0.2) is 9.54 Å². The Hall–Kier alpha value is -1.21. The average Bonchev–Trinajstić information content (AvgIpc) is 2.50. The zero-order valence-electron chi connectivity index (χ0n) is 12.0. The molecular formula is C15H14BrClN2O2S. The van der Waals surface area contributed by atoms with Crippen LogP contribution in [0.1, 0.15) is 12.5 Å². The maximum Gasteiger partial charge on any atom is 0.334 e. The molecular weight excluding hydrogens is 388 g/mol. The van der Waals surface area contributed by atoms with Gasteiger partial charge >= 0.3 is 5.09 Å². The fourth-order valence-corrected chi connectivity index (χ4v) is 3.07. The number of hydrogen-bond donors (Lipinski definition) is 1. The fourth-order valence-electron chi connectivity index (χ4n) is 1.63. The molecule has 4 nitrogen and oxygen atoms in total. The van der Waals surface area contributed by atoms with Crippen LogP contribution in [0, 0.1) is 6.92 Å². The fraction of sp³-hybridized carbons (Fsp3) is 0.133. The van der Waals surface area contributed by atoms with Gasteiger partial charge in [0.15, 0.2) is 0 Å². The number of ether oxygens (including phenoxy) is 1. The number of pyridine rings is 1. The summed E-state index contributed by atoms with van der Waals surface area (Å²) in [5.41, 5.74) is 1.49. The van der Waals surface area contributed by atoms with Gasteiger partial charge in [0, 0.05) is 12.3 Å². The molecule has 0 fully saturated rings. The molecule has 1 heterocycles. The number of aromatic nitrogens is 1. The van der Waals surface area contributed by atoms with E-state index in [9.17, 15) is 4.55 Å². The van der Waals surface area contributed by atoms with Gasteiger partial charge in [0.2, 0.25) is 0 Å². The first-order chi connectivity index (χ1) is 10.5. The Morgan fingerprint density at radius 3 is 2.86 bits per heavy atom. The lowest BCUT2D eigenvalue weighted by atomic mass is 10.2. The number of allylic oxidation sites excluding steroid dienone is 1. The molecule has 2 aromatic rings. The first-order valence-electron chi connectivity index (χ1n) is 6.40. The maximum absolute atomic E-state index is 12.4. The van der Waals surface area contributed by atoms with Gasteiger partial charge in [-0.05, 0) is 47.5 Å². The second-order valence-corrected chi connectivity index (χ2v) is 6.67. The summed E-state index contributed by atoms with van der Waals surface area (Å²) in [4.78, 5) is 4.04. The highest BCUT2D eigenvalue weighted by molar-refractivity contribution is 9.10. The normalized spacial score (nSPS) is 12.9. The number of anilines is 1. The lowest BCUT2D eigenvalue weighted by Crippen LogP contribution is -2.19. The van der Waals surface area contributed by atoms with Crippen LogP contribution in [0.5, 0.6) is 5.75 Å². The Balaban J connectivity index is 2.14. The van der Waals surface area contributed by atoms with Crippen LogP contribution in [0.2, 0.25) is 5.02 Å². The molecule has 22 heavy (non-hydrogen) atoms. The molecule has 0 amide bonds. The quantitative estimate of drug-likeness (QED) is 0.443. The second-order valence-electron chi connectivity index (χ2n) is 4.34. The summed E-state index contributed by atoms with van der Waals surface area (Å²) in [6.07, 6.45) is 3.15. The topological polar surface area (TPSA) is 57.2 Å². The van der Waals surface area contributed by atoms with Crippen LogP contribution in [0.3, 0.4) is 0 Å². The molecule has 1 N–H and O–H groups in total. The highest BCUT2D eigenvalue weighted by atomic mass is 79.9. The van der Waals surface area contributed by atoms with E-state index in [1.165, 1.54) is 6.20 Å². The Bertz CT molecular complexity index is 697. The first-order valence-corrected chi connectivity index (χ1v) is 8.72. The maximum atomic E-state index is 12.4. The zero-order valence-corrected chi connectivity index (χ0v) is 15.1. The van der Waals surface area contributed by atoms with Crippen molar-refractivity contribution in [1.29, 1.82) is 0 Å². The van der Waals surface area contributed by atoms with Gasteiger partial charge in [0.25, 0.3) is 0 Å².